The van der Waals surface area contributed by atoms with Crippen LogP contribution < -0.4 is 4.74 Å². The number of halogens is 3. The van der Waals surface area contributed by atoms with E-state index in [-0.39, 0.29) is 5.75 Å². The number of hydrogen-bond acceptors (Lipinski definition) is 5. The SMILES string of the molecule is COP(=O)(OC)C(C)C(=O)COc1cccc(C(F)(F)F)c1. The summed E-state index contributed by atoms with van der Waals surface area (Å²) in [6.07, 6.45) is -4.50. The Balaban J connectivity index is 2.75. The van der Waals surface area contributed by atoms with Gasteiger partial charge in [0.1, 0.15) is 18.0 Å². The molecule has 0 N–H and O–H groups in total. The molecular formula is C13H16F3O5P. The Kier molecular flexibility index (Phi) is 6.17. The van der Waals surface area contributed by atoms with Gasteiger partial charge < -0.3 is 13.8 Å². The second-order valence-electron chi connectivity index (χ2n) is 4.36. The first-order valence-corrected chi connectivity index (χ1v) is 7.79. The van der Waals surface area contributed by atoms with Crippen LogP contribution in [-0.2, 0) is 24.6 Å². The van der Waals surface area contributed by atoms with Gasteiger partial charge >= 0.3 is 13.8 Å². The van der Waals surface area contributed by atoms with Crippen molar-refractivity contribution in [2.45, 2.75) is 18.8 Å². The van der Waals surface area contributed by atoms with E-state index in [1.54, 1.807) is 0 Å². The third-order valence-corrected chi connectivity index (χ3v) is 5.25. The lowest BCUT2D eigenvalue weighted by molar-refractivity contribution is -0.137. The van der Waals surface area contributed by atoms with Crippen molar-refractivity contribution in [3.63, 3.8) is 0 Å². The number of carbonyl (C=O) groups excluding carboxylic acids is 1. The Hall–Kier alpha value is -1.37. The molecule has 0 saturated heterocycles. The topological polar surface area (TPSA) is 61.8 Å². The van der Waals surface area contributed by atoms with Crippen LogP contribution in [0.4, 0.5) is 13.2 Å². The first-order chi connectivity index (χ1) is 10.1. The van der Waals surface area contributed by atoms with E-state index < -0.39 is 37.4 Å². The molecule has 1 aromatic carbocycles. The van der Waals surface area contributed by atoms with E-state index in [4.69, 9.17) is 13.8 Å². The summed E-state index contributed by atoms with van der Waals surface area (Å²) in [5.74, 6) is -0.718. The molecule has 124 valence electrons. The molecule has 1 aromatic rings. The van der Waals surface area contributed by atoms with Gasteiger partial charge in [-0.15, -0.1) is 0 Å². The molecule has 22 heavy (non-hydrogen) atoms. The van der Waals surface area contributed by atoms with E-state index in [9.17, 15) is 22.5 Å². The lowest BCUT2D eigenvalue weighted by atomic mass is 10.2. The molecule has 0 aliphatic carbocycles. The summed E-state index contributed by atoms with van der Waals surface area (Å²) < 4.78 is 64.1. The highest BCUT2D eigenvalue weighted by Gasteiger charge is 2.36. The minimum Gasteiger partial charge on any atom is -0.486 e. The predicted octanol–water partition coefficient (Wildman–Crippen LogP) is 3.53. The maximum absolute atomic E-state index is 12.6. The average Bonchev–Trinajstić information content (AvgIpc) is 2.50. The van der Waals surface area contributed by atoms with Crippen LogP contribution in [0.2, 0.25) is 0 Å². The molecule has 0 saturated carbocycles. The van der Waals surface area contributed by atoms with Gasteiger partial charge in [-0.25, -0.2) is 0 Å². The molecule has 1 unspecified atom stereocenters. The number of ether oxygens (including phenoxy) is 1. The van der Waals surface area contributed by atoms with Gasteiger partial charge in [0, 0.05) is 14.2 Å². The monoisotopic (exact) mass is 340 g/mol. The predicted molar refractivity (Wildman–Crippen MR) is 73.0 cm³/mol. The number of benzene rings is 1. The third kappa shape index (κ3) is 4.56. The van der Waals surface area contributed by atoms with Gasteiger partial charge in [0.05, 0.1) is 5.56 Å². The summed E-state index contributed by atoms with van der Waals surface area (Å²) in [6, 6.07) is 4.13. The zero-order valence-electron chi connectivity index (χ0n) is 12.2. The zero-order chi connectivity index (χ0) is 17.0. The number of ketones is 1. The fourth-order valence-corrected chi connectivity index (χ4v) is 2.81. The Morgan fingerprint density at radius 2 is 1.86 bits per heavy atom. The van der Waals surface area contributed by atoms with E-state index in [2.05, 4.69) is 0 Å². The Bertz CT molecular complexity index is 565. The van der Waals surface area contributed by atoms with Gasteiger partial charge in [-0.3, -0.25) is 9.36 Å². The largest absolute Gasteiger partial charge is 0.486 e. The number of alkyl halides is 3. The van der Waals surface area contributed by atoms with Crippen LogP contribution in [0.1, 0.15) is 12.5 Å². The molecule has 0 aliphatic heterocycles. The van der Waals surface area contributed by atoms with Crippen molar-refractivity contribution in [2.75, 3.05) is 20.8 Å². The lowest BCUT2D eigenvalue weighted by Gasteiger charge is -2.19. The van der Waals surface area contributed by atoms with Gasteiger partial charge in [0.15, 0.2) is 5.78 Å². The lowest BCUT2D eigenvalue weighted by Crippen LogP contribution is -2.25. The van der Waals surface area contributed by atoms with Crippen LogP contribution >= 0.6 is 7.60 Å². The van der Waals surface area contributed by atoms with Gasteiger partial charge in [-0.05, 0) is 25.1 Å². The minimum atomic E-state index is -4.50. The van der Waals surface area contributed by atoms with Crippen LogP contribution in [-0.4, -0.2) is 32.3 Å². The number of carbonyl (C=O) groups is 1. The maximum atomic E-state index is 12.6. The number of Topliss-reactive ketones (excluding diaryl/α,β-unsaturated/α-hetero) is 1. The molecule has 0 heterocycles. The molecule has 0 radical (unpaired) electrons. The van der Waals surface area contributed by atoms with Crippen LogP contribution in [0.25, 0.3) is 0 Å². The Morgan fingerprint density at radius 3 is 2.36 bits per heavy atom. The van der Waals surface area contributed by atoms with E-state index in [1.165, 1.54) is 19.1 Å². The van der Waals surface area contributed by atoms with Crippen molar-refractivity contribution in [2.24, 2.45) is 0 Å². The van der Waals surface area contributed by atoms with Crippen LogP contribution in [0.3, 0.4) is 0 Å². The summed E-state index contributed by atoms with van der Waals surface area (Å²) in [7, 11) is -1.31. The molecule has 0 aromatic heterocycles. The smallest absolute Gasteiger partial charge is 0.416 e. The molecule has 0 spiro atoms. The van der Waals surface area contributed by atoms with Crippen molar-refractivity contribution < 1.29 is 36.3 Å². The van der Waals surface area contributed by atoms with E-state index in [1.807, 2.05) is 0 Å². The van der Waals surface area contributed by atoms with Crippen molar-refractivity contribution >= 4 is 13.4 Å². The summed E-state index contributed by atoms with van der Waals surface area (Å²) >= 11 is 0. The van der Waals surface area contributed by atoms with Gasteiger partial charge in [0.2, 0.25) is 0 Å². The highest BCUT2D eigenvalue weighted by atomic mass is 31.2. The van der Waals surface area contributed by atoms with Crippen LogP contribution in [0.5, 0.6) is 5.75 Å². The van der Waals surface area contributed by atoms with Gasteiger partial charge in [0.25, 0.3) is 0 Å². The standard InChI is InChI=1S/C13H16F3O5P/c1-9(22(18,19-2)20-3)12(17)8-21-11-6-4-5-10(7-11)13(14,15)16/h4-7,9H,8H2,1-3H3. The Morgan fingerprint density at radius 1 is 1.27 bits per heavy atom. The fraction of sp³-hybridized carbons (Fsp3) is 0.462. The van der Waals surface area contributed by atoms with Crippen LogP contribution in [0.15, 0.2) is 24.3 Å². The van der Waals surface area contributed by atoms with Crippen molar-refractivity contribution in [1.29, 1.82) is 0 Å². The molecule has 1 rings (SSSR count). The summed E-state index contributed by atoms with van der Waals surface area (Å²) in [5.41, 5.74) is -1.97. The second kappa shape index (κ2) is 7.26. The molecular weight excluding hydrogens is 324 g/mol. The molecule has 0 aliphatic rings. The highest BCUT2D eigenvalue weighted by Crippen LogP contribution is 2.51. The summed E-state index contributed by atoms with van der Waals surface area (Å²) in [6.45, 7) is 0.796. The Labute approximate surface area is 125 Å². The minimum absolute atomic E-state index is 0.111. The number of hydrogen-bond donors (Lipinski definition) is 0. The van der Waals surface area contributed by atoms with Crippen molar-refractivity contribution in [1.82, 2.24) is 0 Å². The summed E-state index contributed by atoms with van der Waals surface area (Å²) in [4.78, 5) is 11.9. The molecule has 1 atom stereocenters. The van der Waals surface area contributed by atoms with E-state index >= 15 is 0 Å². The fourth-order valence-electron chi connectivity index (χ4n) is 1.60. The first kappa shape index (κ1) is 18.7. The van der Waals surface area contributed by atoms with Crippen molar-refractivity contribution in [3.05, 3.63) is 29.8 Å². The quantitative estimate of drug-likeness (QED) is 0.711. The zero-order valence-corrected chi connectivity index (χ0v) is 13.1. The van der Waals surface area contributed by atoms with E-state index in [0.29, 0.717) is 0 Å². The molecule has 9 heteroatoms. The van der Waals surface area contributed by atoms with Gasteiger partial charge in [-0.1, -0.05) is 6.07 Å². The highest BCUT2D eigenvalue weighted by molar-refractivity contribution is 7.55. The average molecular weight is 340 g/mol. The van der Waals surface area contributed by atoms with Crippen LogP contribution in [0, 0.1) is 0 Å². The normalized spacial score (nSPS) is 13.7. The van der Waals surface area contributed by atoms with Crippen molar-refractivity contribution in [3.8, 4) is 5.75 Å². The summed E-state index contributed by atoms with van der Waals surface area (Å²) in [5, 5.41) is 0. The van der Waals surface area contributed by atoms with Gasteiger partial charge in [-0.2, -0.15) is 13.2 Å². The number of rotatable bonds is 7. The molecule has 0 fully saturated rings. The third-order valence-electron chi connectivity index (χ3n) is 2.99. The second-order valence-corrected chi connectivity index (χ2v) is 6.95. The molecule has 0 amide bonds. The maximum Gasteiger partial charge on any atom is 0.416 e. The molecule has 0 bridgehead atoms. The van der Waals surface area contributed by atoms with E-state index in [0.717, 1.165) is 26.4 Å². The first-order valence-electron chi connectivity index (χ1n) is 6.18. The molecule has 5 nitrogen and oxygen atoms in total.